The monoisotopic (exact) mass is 338 g/mol. The van der Waals surface area contributed by atoms with Gasteiger partial charge in [0.1, 0.15) is 5.69 Å². The number of rotatable bonds is 4. The lowest BCUT2D eigenvalue weighted by molar-refractivity contribution is 0.0928. The van der Waals surface area contributed by atoms with Gasteiger partial charge in [-0.15, -0.1) is 11.3 Å². The molecule has 1 N–H and O–H groups in total. The Bertz CT molecular complexity index is 826. The van der Waals surface area contributed by atoms with Crippen molar-refractivity contribution in [3.63, 3.8) is 0 Å². The van der Waals surface area contributed by atoms with E-state index in [2.05, 4.69) is 32.2 Å². The molecule has 1 aliphatic rings. The maximum atomic E-state index is 12.3. The fourth-order valence-electron chi connectivity index (χ4n) is 3.22. The summed E-state index contributed by atoms with van der Waals surface area (Å²) in [4.78, 5) is 16.4. The molecule has 4 rings (SSSR count). The predicted molar refractivity (Wildman–Crippen MR) is 93.0 cm³/mol. The molecule has 1 amide bonds. The number of amides is 1. The van der Waals surface area contributed by atoms with Gasteiger partial charge in [-0.2, -0.15) is 5.10 Å². The van der Waals surface area contributed by atoms with Crippen LogP contribution in [0.25, 0.3) is 0 Å². The van der Waals surface area contributed by atoms with E-state index >= 15 is 0 Å². The first-order valence-electron chi connectivity index (χ1n) is 8.09. The van der Waals surface area contributed by atoms with Crippen molar-refractivity contribution < 1.29 is 4.79 Å². The Labute approximate surface area is 144 Å². The molecule has 0 saturated heterocycles. The summed E-state index contributed by atoms with van der Waals surface area (Å²) in [7, 11) is 0. The van der Waals surface area contributed by atoms with E-state index in [1.807, 2.05) is 24.4 Å². The third kappa shape index (κ3) is 2.97. The van der Waals surface area contributed by atoms with Gasteiger partial charge in [0.15, 0.2) is 0 Å². The Kier molecular flexibility index (Phi) is 4.13. The number of carbonyl (C=O) groups excluding carboxylic acids is 1. The van der Waals surface area contributed by atoms with E-state index in [0.29, 0.717) is 5.69 Å². The lowest BCUT2D eigenvalue weighted by atomic mass is 9.93. The average Bonchev–Trinajstić information content (AvgIpc) is 3.27. The number of benzene rings is 1. The highest BCUT2D eigenvalue weighted by molar-refractivity contribution is 7.07. The number of fused-ring (bicyclic) bond motifs is 1. The van der Waals surface area contributed by atoms with Crippen molar-refractivity contribution in [3.05, 3.63) is 69.9 Å². The number of nitrogens with one attached hydrogen (secondary N) is 1. The molecule has 24 heavy (non-hydrogen) atoms. The molecule has 2 aromatic heterocycles. The fraction of sp³-hybridized carbons (Fsp3) is 0.278. The van der Waals surface area contributed by atoms with Crippen LogP contribution in [0.5, 0.6) is 0 Å². The Hall–Kier alpha value is -2.47. The Balaban J connectivity index is 1.54. The first-order chi connectivity index (χ1) is 11.8. The molecule has 0 saturated carbocycles. The molecule has 122 valence electrons. The summed E-state index contributed by atoms with van der Waals surface area (Å²) in [6, 6.07) is 10.3. The number of thiazole rings is 1. The second kappa shape index (κ2) is 6.57. The van der Waals surface area contributed by atoms with Gasteiger partial charge < -0.3 is 5.32 Å². The van der Waals surface area contributed by atoms with Crippen molar-refractivity contribution in [1.29, 1.82) is 0 Å². The molecule has 5 nitrogen and oxygen atoms in total. The third-order valence-corrected chi connectivity index (χ3v) is 4.99. The van der Waals surface area contributed by atoms with Gasteiger partial charge in [-0.05, 0) is 24.8 Å². The van der Waals surface area contributed by atoms with Crippen molar-refractivity contribution in [2.24, 2.45) is 0 Å². The highest BCUT2D eigenvalue weighted by atomic mass is 32.1. The summed E-state index contributed by atoms with van der Waals surface area (Å²) >= 11 is 1.43. The van der Waals surface area contributed by atoms with E-state index in [1.54, 1.807) is 10.9 Å². The zero-order valence-corrected chi connectivity index (χ0v) is 14.0. The molecular formula is C18H18N4OS. The first kappa shape index (κ1) is 15.1. The van der Waals surface area contributed by atoms with Crippen LogP contribution < -0.4 is 5.32 Å². The highest BCUT2D eigenvalue weighted by Crippen LogP contribution is 2.30. The maximum absolute atomic E-state index is 12.3. The number of carbonyl (C=O) groups is 1. The minimum atomic E-state index is -0.107. The largest absolute Gasteiger partial charge is 0.344 e. The van der Waals surface area contributed by atoms with Crippen molar-refractivity contribution in [1.82, 2.24) is 20.1 Å². The van der Waals surface area contributed by atoms with Crippen LogP contribution in [0.4, 0.5) is 0 Å². The summed E-state index contributed by atoms with van der Waals surface area (Å²) < 4.78 is 2.06. The van der Waals surface area contributed by atoms with E-state index in [1.165, 1.54) is 22.6 Å². The molecule has 2 heterocycles. The van der Waals surface area contributed by atoms with E-state index in [0.717, 1.165) is 31.4 Å². The van der Waals surface area contributed by atoms with Crippen molar-refractivity contribution >= 4 is 17.2 Å². The molecular weight excluding hydrogens is 320 g/mol. The van der Waals surface area contributed by atoms with Crippen LogP contribution in [0.2, 0.25) is 0 Å². The van der Waals surface area contributed by atoms with Crippen molar-refractivity contribution in [3.8, 4) is 0 Å². The summed E-state index contributed by atoms with van der Waals surface area (Å²) in [6.45, 7) is 0.767. The number of nitrogens with zero attached hydrogens (tertiary/aromatic N) is 3. The molecule has 0 spiro atoms. The molecule has 1 atom stereocenters. The highest BCUT2D eigenvalue weighted by Gasteiger charge is 2.26. The Morgan fingerprint density at radius 2 is 2.21 bits per heavy atom. The molecule has 0 unspecified atom stereocenters. The van der Waals surface area contributed by atoms with Gasteiger partial charge in [-0.25, -0.2) is 4.98 Å². The minimum Gasteiger partial charge on any atom is -0.344 e. The minimum absolute atomic E-state index is 0.0208. The van der Waals surface area contributed by atoms with E-state index in [4.69, 9.17) is 0 Å². The van der Waals surface area contributed by atoms with E-state index in [-0.39, 0.29) is 11.9 Å². The van der Waals surface area contributed by atoms with Gasteiger partial charge in [0, 0.05) is 16.6 Å². The van der Waals surface area contributed by atoms with Gasteiger partial charge >= 0.3 is 0 Å². The smallest absolute Gasteiger partial charge is 0.271 e. The zero-order chi connectivity index (χ0) is 16.4. The third-order valence-electron chi connectivity index (χ3n) is 4.41. The van der Waals surface area contributed by atoms with Crippen LogP contribution in [0.3, 0.4) is 0 Å². The number of hydrogen-bond acceptors (Lipinski definition) is 4. The molecule has 0 radical (unpaired) electrons. The van der Waals surface area contributed by atoms with Gasteiger partial charge in [-0.3, -0.25) is 9.48 Å². The molecule has 0 bridgehead atoms. The molecule has 0 fully saturated rings. The van der Waals surface area contributed by atoms with E-state index < -0.39 is 0 Å². The van der Waals surface area contributed by atoms with Crippen LogP contribution in [-0.2, 0) is 13.0 Å². The van der Waals surface area contributed by atoms with Crippen LogP contribution in [0, 0.1) is 0 Å². The van der Waals surface area contributed by atoms with Crippen LogP contribution in [-0.4, -0.2) is 20.7 Å². The van der Waals surface area contributed by atoms with Gasteiger partial charge in [0.05, 0.1) is 24.3 Å². The summed E-state index contributed by atoms with van der Waals surface area (Å²) in [5.74, 6) is -0.107. The van der Waals surface area contributed by atoms with Crippen LogP contribution in [0.15, 0.2) is 47.4 Å². The standard InChI is InChI=1S/C18H18N4OS/c23-18(16-11-24-12-19-16)21-15-7-4-8-17-14(15)9-20-22(17)10-13-5-2-1-3-6-13/h1-3,5-6,9,11-12,15H,4,7-8,10H2,(H,21,23)/t15-/m1/s1. The topological polar surface area (TPSA) is 59.8 Å². The average molecular weight is 338 g/mol. The molecule has 1 aromatic carbocycles. The Morgan fingerprint density at radius 3 is 3.00 bits per heavy atom. The molecule has 0 aliphatic heterocycles. The molecule has 1 aliphatic carbocycles. The van der Waals surface area contributed by atoms with E-state index in [9.17, 15) is 4.79 Å². The quantitative estimate of drug-likeness (QED) is 0.795. The first-order valence-corrected chi connectivity index (χ1v) is 9.03. The summed E-state index contributed by atoms with van der Waals surface area (Å²) in [5.41, 5.74) is 5.77. The second-order valence-electron chi connectivity index (χ2n) is 5.98. The van der Waals surface area contributed by atoms with Crippen LogP contribution >= 0.6 is 11.3 Å². The lowest BCUT2D eigenvalue weighted by Crippen LogP contribution is -2.31. The predicted octanol–water partition coefficient (Wildman–Crippen LogP) is 3.20. The summed E-state index contributed by atoms with van der Waals surface area (Å²) in [6.07, 6.45) is 4.91. The van der Waals surface area contributed by atoms with Gasteiger partial charge in [0.25, 0.3) is 5.91 Å². The van der Waals surface area contributed by atoms with Crippen LogP contribution in [0.1, 0.15) is 46.2 Å². The number of hydrogen-bond donors (Lipinski definition) is 1. The SMILES string of the molecule is O=C(N[C@@H]1CCCc2c1cnn2Cc1ccccc1)c1cscn1. The van der Waals surface area contributed by atoms with Gasteiger partial charge in [-0.1, -0.05) is 30.3 Å². The number of aromatic nitrogens is 3. The zero-order valence-electron chi connectivity index (χ0n) is 13.2. The summed E-state index contributed by atoms with van der Waals surface area (Å²) in [5, 5.41) is 9.45. The van der Waals surface area contributed by atoms with Crippen molar-refractivity contribution in [2.45, 2.75) is 31.8 Å². The molecule has 3 aromatic rings. The Morgan fingerprint density at radius 1 is 1.33 bits per heavy atom. The normalized spacial score (nSPS) is 16.6. The van der Waals surface area contributed by atoms with Gasteiger partial charge in [0.2, 0.25) is 0 Å². The second-order valence-corrected chi connectivity index (χ2v) is 6.70. The lowest BCUT2D eigenvalue weighted by Gasteiger charge is -2.24. The maximum Gasteiger partial charge on any atom is 0.271 e. The molecule has 6 heteroatoms. The van der Waals surface area contributed by atoms with Crippen molar-refractivity contribution in [2.75, 3.05) is 0 Å². The fourth-order valence-corrected chi connectivity index (χ4v) is 3.75.